The van der Waals surface area contributed by atoms with Gasteiger partial charge in [0.05, 0.1) is 33.1 Å². The van der Waals surface area contributed by atoms with E-state index in [1.54, 1.807) is 14.2 Å². The van der Waals surface area contributed by atoms with Crippen LogP contribution in [0.1, 0.15) is 24.0 Å². The molecule has 1 aliphatic carbocycles. The van der Waals surface area contributed by atoms with E-state index in [1.807, 2.05) is 12.1 Å². The fraction of sp³-hybridized carbons (Fsp3) is 0.444. The quantitative estimate of drug-likeness (QED) is 0.783. The van der Waals surface area contributed by atoms with Crippen molar-refractivity contribution in [3.63, 3.8) is 0 Å². The lowest BCUT2D eigenvalue weighted by atomic mass is 10.00. The zero-order valence-electron chi connectivity index (χ0n) is 14.5. The van der Waals surface area contributed by atoms with E-state index >= 15 is 0 Å². The molecule has 1 aromatic carbocycles. The number of benzene rings is 1. The van der Waals surface area contributed by atoms with Crippen LogP contribution in [0.4, 0.5) is 5.95 Å². The van der Waals surface area contributed by atoms with Crippen LogP contribution >= 0.6 is 11.6 Å². The summed E-state index contributed by atoms with van der Waals surface area (Å²) >= 11 is 6.55. The summed E-state index contributed by atoms with van der Waals surface area (Å²) in [5.41, 5.74) is 4.00. The predicted molar refractivity (Wildman–Crippen MR) is 96.1 cm³/mol. The molecule has 0 saturated carbocycles. The second kappa shape index (κ2) is 6.35. The average molecular weight is 362 g/mol. The molecule has 0 spiro atoms. The standard InChI is InChI=1S/C18H20ClN3O3/c1-10-11-8-13(23-2)14(24-3)9-12(11)16-15(10)17(19)21-18(20-16)22-4-6-25-7-5-22/h8-10H,4-7H2,1-3H3. The molecule has 1 unspecified atom stereocenters. The molecule has 1 saturated heterocycles. The van der Waals surface area contributed by atoms with E-state index in [4.69, 9.17) is 30.8 Å². The maximum absolute atomic E-state index is 6.55. The second-order valence-electron chi connectivity index (χ2n) is 6.19. The molecule has 25 heavy (non-hydrogen) atoms. The minimum absolute atomic E-state index is 0.107. The Morgan fingerprint density at radius 1 is 1.12 bits per heavy atom. The van der Waals surface area contributed by atoms with Crippen LogP contribution in [0.15, 0.2) is 12.1 Å². The summed E-state index contributed by atoms with van der Waals surface area (Å²) in [5.74, 6) is 2.15. The molecule has 1 atom stereocenters. The molecule has 132 valence electrons. The van der Waals surface area contributed by atoms with Gasteiger partial charge in [0.15, 0.2) is 11.5 Å². The van der Waals surface area contributed by atoms with Gasteiger partial charge in [0.2, 0.25) is 5.95 Å². The maximum atomic E-state index is 6.55. The van der Waals surface area contributed by atoms with Crippen molar-refractivity contribution in [2.45, 2.75) is 12.8 Å². The fourth-order valence-corrected chi connectivity index (χ4v) is 3.87. The van der Waals surface area contributed by atoms with E-state index < -0.39 is 0 Å². The van der Waals surface area contributed by atoms with Gasteiger partial charge in [0.1, 0.15) is 5.15 Å². The Balaban J connectivity index is 1.86. The van der Waals surface area contributed by atoms with Gasteiger partial charge in [-0.15, -0.1) is 0 Å². The van der Waals surface area contributed by atoms with Crippen LogP contribution in [-0.4, -0.2) is 50.5 Å². The first-order valence-corrected chi connectivity index (χ1v) is 8.68. The zero-order chi connectivity index (χ0) is 17.6. The molecule has 0 bridgehead atoms. The molecule has 0 radical (unpaired) electrons. The molecule has 1 fully saturated rings. The third-order valence-corrected chi connectivity index (χ3v) is 5.18. The molecule has 2 heterocycles. The molecule has 7 heteroatoms. The number of nitrogens with zero attached hydrogens (tertiary/aromatic N) is 3. The number of ether oxygens (including phenoxy) is 3. The van der Waals surface area contributed by atoms with Crippen LogP contribution in [0.3, 0.4) is 0 Å². The summed E-state index contributed by atoms with van der Waals surface area (Å²) in [7, 11) is 3.27. The van der Waals surface area contributed by atoms with Gasteiger partial charge >= 0.3 is 0 Å². The van der Waals surface area contributed by atoms with Crippen LogP contribution in [0.5, 0.6) is 11.5 Å². The van der Waals surface area contributed by atoms with Gasteiger partial charge in [0, 0.05) is 30.1 Å². The number of hydrogen-bond donors (Lipinski definition) is 0. The molecule has 0 amide bonds. The SMILES string of the molecule is COc1cc2c(cc1OC)C(C)c1c(Cl)nc(N3CCOCC3)nc1-2. The molecule has 1 aromatic heterocycles. The van der Waals surface area contributed by atoms with Crippen molar-refractivity contribution in [1.82, 2.24) is 9.97 Å². The van der Waals surface area contributed by atoms with Crippen molar-refractivity contribution in [3.05, 3.63) is 28.4 Å². The Hall–Kier alpha value is -2.05. The van der Waals surface area contributed by atoms with Gasteiger partial charge < -0.3 is 19.1 Å². The van der Waals surface area contributed by atoms with Gasteiger partial charge in [-0.25, -0.2) is 9.97 Å². The maximum Gasteiger partial charge on any atom is 0.227 e. The summed E-state index contributed by atoms with van der Waals surface area (Å²) in [4.78, 5) is 11.5. The summed E-state index contributed by atoms with van der Waals surface area (Å²) in [6.45, 7) is 5.00. The number of methoxy groups -OCH3 is 2. The fourth-order valence-electron chi connectivity index (χ4n) is 3.54. The van der Waals surface area contributed by atoms with Crippen molar-refractivity contribution in [1.29, 1.82) is 0 Å². The zero-order valence-corrected chi connectivity index (χ0v) is 15.3. The van der Waals surface area contributed by atoms with Crippen LogP contribution < -0.4 is 14.4 Å². The van der Waals surface area contributed by atoms with Crippen molar-refractivity contribution >= 4 is 17.5 Å². The summed E-state index contributed by atoms with van der Waals surface area (Å²) in [6.07, 6.45) is 0. The molecule has 6 nitrogen and oxygen atoms in total. The lowest BCUT2D eigenvalue weighted by Crippen LogP contribution is -2.37. The van der Waals surface area contributed by atoms with E-state index in [0.717, 1.165) is 35.5 Å². The highest BCUT2D eigenvalue weighted by molar-refractivity contribution is 6.31. The van der Waals surface area contributed by atoms with Gasteiger partial charge in [0.25, 0.3) is 0 Å². The minimum atomic E-state index is 0.107. The highest BCUT2D eigenvalue weighted by Crippen LogP contribution is 2.50. The van der Waals surface area contributed by atoms with Crippen molar-refractivity contribution in [2.24, 2.45) is 0 Å². The van der Waals surface area contributed by atoms with E-state index in [0.29, 0.717) is 35.8 Å². The molecular formula is C18H20ClN3O3. The van der Waals surface area contributed by atoms with Crippen LogP contribution in [0.2, 0.25) is 5.15 Å². The first-order chi connectivity index (χ1) is 12.1. The molecule has 2 aromatic rings. The normalized spacial score (nSPS) is 18.7. The second-order valence-corrected chi connectivity index (χ2v) is 6.55. The monoisotopic (exact) mass is 361 g/mol. The van der Waals surface area contributed by atoms with Crippen LogP contribution in [-0.2, 0) is 4.74 Å². The van der Waals surface area contributed by atoms with E-state index in [1.165, 1.54) is 0 Å². The highest BCUT2D eigenvalue weighted by Gasteiger charge is 2.33. The van der Waals surface area contributed by atoms with E-state index in [9.17, 15) is 0 Å². The topological polar surface area (TPSA) is 56.7 Å². The highest BCUT2D eigenvalue weighted by atomic mass is 35.5. The summed E-state index contributed by atoms with van der Waals surface area (Å²) in [6, 6.07) is 3.98. The summed E-state index contributed by atoms with van der Waals surface area (Å²) < 4.78 is 16.3. The average Bonchev–Trinajstić information content (AvgIpc) is 2.93. The lowest BCUT2D eigenvalue weighted by molar-refractivity contribution is 0.122. The Bertz CT molecular complexity index is 822. The minimum Gasteiger partial charge on any atom is -0.493 e. The molecular weight excluding hydrogens is 342 g/mol. The molecule has 1 aliphatic heterocycles. The number of morpholine rings is 1. The van der Waals surface area contributed by atoms with Crippen molar-refractivity contribution in [3.8, 4) is 22.8 Å². The van der Waals surface area contributed by atoms with E-state index in [-0.39, 0.29) is 5.92 Å². The number of anilines is 1. The van der Waals surface area contributed by atoms with Gasteiger partial charge in [-0.1, -0.05) is 18.5 Å². The van der Waals surface area contributed by atoms with E-state index in [2.05, 4.69) is 16.8 Å². The Morgan fingerprint density at radius 3 is 2.48 bits per heavy atom. The summed E-state index contributed by atoms with van der Waals surface area (Å²) in [5, 5.41) is 0.508. The Labute approximate surface area is 151 Å². The molecule has 0 N–H and O–H groups in total. The van der Waals surface area contributed by atoms with Gasteiger partial charge in [-0.2, -0.15) is 0 Å². The van der Waals surface area contributed by atoms with Crippen LogP contribution in [0.25, 0.3) is 11.3 Å². The van der Waals surface area contributed by atoms with Crippen molar-refractivity contribution in [2.75, 3.05) is 45.4 Å². The molecule has 2 aliphatic rings. The first-order valence-electron chi connectivity index (χ1n) is 8.30. The number of halogens is 1. The molecule has 4 rings (SSSR count). The lowest BCUT2D eigenvalue weighted by Gasteiger charge is -2.27. The largest absolute Gasteiger partial charge is 0.493 e. The number of aromatic nitrogens is 2. The Kier molecular flexibility index (Phi) is 4.17. The third kappa shape index (κ3) is 2.60. The van der Waals surface area contributed by atoms with Gasteiger partial charge in [-0.05, 0) is 17.7 Å². The van der Waals surface area contributed by atoms with Gasteiger partial charge in [-0.3, -0.25) is 0 Å². The first kappa shape index (κ1) is 16.4. The third-order valence-electron chi connectivity index (χ3n) is 4.89. The number of fused-ring (bicyclic) bond motifs is 3. The smallest absolute Gasteiger partial charge is 0.227 e. The Morgan fingerprint density at radius 2 is 1.80 bits per heavy atom. The number of hydrogen-bond acceptors (Lipinski definition) is 6. The predicted octanol–water partition coefficient (Wildman–Crippen LogP) is 3.12. The van der Waals surface area contributed by atoms with Crippen molar-refractivity contribution < 1.29 is 14.2 Å². The van der Waals surface area contributed by atoms with Crippen LogP contribution in [0, 0.1) is 0 Å². The number of rotatable bonds is 3.